The molecular formula is C15H14F11N. The second kappa shape index (κ2) is 7.70. The zero-order chi connectivity index (χ0) is 21.4. The molecule has 27 heavy (non-hydrogen) atoms. The summed E-state index contributed by atoms with van der Waals surface area (Å²) in [5.41, 5.74) is -4.92. The van der Waals surface area contributed by atoms with Crippen molar-refractivity contribution in [2.24, 2.45) is 5.92 Å². The van der Waals surface area contributed by atoms with Crippen molar-refractivity contribution < 1.29 is 48.3 Å². The summed E-state index contributed by atoms with van der Waals surface area (Å²) in [6.07, 6.45) is -11.8. The maximum Gasteiger partial charge on any atom is 0.475 e. The second-order valence-corrected chi connectivity index (χ2v) is 5.92. The summed E-state index contributed by atoms with van der Waals surface area (Å²) in [5, 5.41) is 0. The number of halogens is 11. The van der Waals surface area contributed by atoms with Gasteiger partial charge in [0.05, 0.1) is 5.69 Å². The van der Waals surface area contributed by atoms with Crippen LogP contribution in [0.5, 0.6) is 0 Å². The van der Waals surface area contributed by atoms with Crippen molar-refractivity contribution in [2.75, 3.05) is 11.4 Å². The molecule has 0 spiro atoms. The smallest absolute Gasteiger partial charge is 0.302 e. The highest BCUT2D eigenvalue weighted by Crippen LogP contribution is 2.45. The predicted octanol–water partition coefficient (Wildman–Crippen LogP) is 6.52. The summed E-state index contributed by atoms with van der Waals surface area (Å²) < 4.78 is 145. The van der Waals surface area contributed by atoms with Crippen molar-refractivity contribution in [1.29, 1.82) is 0 Å². The van der Waals surface area contributed by atoms with Crippen LogP contribution in [-0.4, -0.2) is 18.8 Å². The number of alkyl halides is 8. The minimum absolute atomic E-state index is 0.0713. The van der Waals surface area contributed by atoms with Gasteiger partial charge >= 0.3 is 18.4 Å². The second-order valence-electron chi connectivity index (χ2n) is 5.92. The third-order valence-corrected chi connectivity index (χ3v) is 3.67. The van der Waals surface area contributed by atoms with Gasteiger partial charge in [0.1, 0.15) is 5.56 Å². The lowest BCUT2D eigenvalue weighted by atomic mass is 10.0. The number of hydrogen-bond donors (Lipinski definition) is 0. The molecule has 1 atom stereocenters. The molecule has 0 heterocycles. The van der Waals surface area contributed by atoms with Crippen molar-refractivity contribution in [2.45, 2.75) is 45.1 Å². The molecule has 12 heteroatoms. The Bertz CT molecular complexity index is 663. The lowest BCUT2D eigenvalue weighted by molar-refractivity contribution is -0.282. The highest BCUT2D eigenvalue weighted by molar-refractivity contribution is 5.53. The molecule has 0 amide bonds. The Hall–Kier alpha value is -1.75. The fourth-order valence-corrected chi connectivity index (χ4v) is 2.45. The highest BCUT2D eigenvalue weighted by atomic mass is 19.4. The minimum atomic E-state index is -6.31. The minimum Gasteiger partial charge on any atom is -0.302 e. The molecule has 0 radical (unpaired) electrons. The van der Waals surface area contributed by atoms with Crippen molar-refractivity contribution in [1.82, 2.24) is 0 Å². The zero-order valence-corrected chi connectivity index (χ0v) is 13.9. The van der Waals surface area contributed by atoms with Crippen LogP contribution in [0.15, 0.2) is 6.07 Å². The number of rotatable bonds is 6. The molecule has 1 rings (SSSR count). The van der Waals surface area contributed by atoms with Gasteiger partial charge < -0.3 is 4.90 Å². The van der Waals surface area contributed by atoms with Gasteiger partial charge in [-0.15, -0.1) is 0 Å². The molecule has 0 aromatic heterocycles. The summed E-state index contributed by atoms with van der Waals surface area (Å²) in [6.45, 7) is 1.51. The van der Waals surface area contributed by atoms with Gasteiger partial charge in [-0.05, 0) is 12.3 Å². The normalized spacial score (nSPS) is 14.4. The first kappa shape index (κ1) is 23.3. The van der Waals surface area contributed by atoms with E-state index in [1.807, 2.05) is 0 Å². The van der Waals surface area contributed by atoms with Crippen LogP contribution in [-0.2, 0) is 6.18 Å². The molecule has 1 aromatic rings. The molecule has 1 aromatic carbocycles. The fraction of sp³-hybridized carbons (Fsp3) is 0.600. The van der Waals surface area contributed by atoms with E-state index in [9.17, 15) is 48.3 Å². The van der Waals surface area contributed by atoms with E-state index in [0.29, 0.717) is 6.42 Å². The Morgan fingerprint density at radius 1 is 0.926 bits per heavy atom. The Morgan fingerprint density at radius 3 is 1.85 bits per heavy atom. The van der Waals surface area contributed by atoms with Crippen molar-refractivity contribution in [3.05, 3.63) is 29.1 Å². The van der Waals surface area contributed by atoms with Crippen LogP contribution in [0.3, 0.4) is 0 Å². The molecule has 0 aliphatic carbocycles. The maximum absolute atomic E-state index is 14.1. The first-order chi connectivity index (χ1) is 12.1. The molecule has 0 saturated heterocycles. The molecular weight excluding hydrogens is 403 g/mol. The van der Waals surface area contributed by atoms with E-state index in [4.69, 9.17) is 0 Å². The Balaban J connectivity index is 3.71. The van der Waals surface area contributed by atoms with Crippen LogP contribution in [0, 0.1) is 23.4 Å². The van der Waals surface area contributed by atoms with Gasteiger partial charge in [0, 0.05) is 12.6 Å². The molecule has 0 bridgehead atoms. The van der Waals surface area contributed by atoms with E-state index < -0.39 is 70.5 Å². The van der Waals surface area contributed by atoms with Gasteiger partial charge in [0.25, 0.3) is 0 Å². The van der Waals surface area contributed by atoms with Crippen LogP contribution >= 0.6 is 0 Å². The number of nitrogens with zero attached hydrogens (tertiary/aromatic N) is 1. The van der Waals surface area contributed by atoms with E-state index in [0.717, 1.165) is 0 Å². The quantitative estimate of drug-likeness (QED) is 0.289. The molecule has 0 N–H and O–H groups in total. The van der Waals surface area contributed by atoms with E-state index in [2.05, 4.69) is 0 Å². The molecule has 0 saturated carbocycles. The van der Waals surface area contributed by atoms with Crippen LogP contribution in [0.2, 0.25) is 0 Å². The zero-order valence-electron chi connectivity index (χ0n) is 13.9. The fourth-order valence-electron chi connectivity index (χ4n) is 2.45. The average molecular weight is 417 g/mol. The Morgan fingerprint density at radius 2 is 1.44 bits per heavy atom. The summed E-state index contributed by atoms with van der Waals surface area (Å²) in [4.78, 5) is -1.01. The van der Waals surface area contributed by atoms with Crippen molar-refractivity contribution >= 4 is 5.69 Å². The molecule has 1 nitrogen and oxygen atoms in total. The van der Waals surface area contributed by atoms with Crippen molar-refractivity contribution in [3.63, 3.8) is 0 Å². The van der Waals surface area contributed by atoms with E-state index in [1.165, 1.54) is 6.92 Å². The van der Waals surface area contributed by atoms with Gasteiger partial charge in [0.2, 0.25) is 0 Å². The van der Waals surface area contributed by atoms with Crippen LogP contribution in [0.4, 0.5) is 54.0 Å². The monoisotopic (exact) mass is 417 g/mol. The third-order valence-electron chi connectivity index (χ3n) is 3.67. The van der Waals surface area contributed by atoms with E-state index >= 15 is 0 Å². The molecule has 0 aliphatic heterocycles. The first-order valence-electron chi connectivity index (χ1n) is 7.52. The summed E-state index contributed by atoms with van der Waals surface area (Å²) >= 11 is 0. The maximum atomic E-state index is 14.1. The third kappa shape index (κ3) is 4.75. The van der Waals surface area contributed by atoms with Crippen LogP contribution < -0.4 is 4.90 Å². The van der Waals surface area contributed by atoms with Gasteiger partial charge in [-0.25, -0.2) is 13.2 Å². The largest absolute Gasteiger partial charge is 0.475 e. The predicted molar refractivity (Wildman–Crippen MR) is 73.7 cm³/mol. The van der Waals surface area contributed by atoms with Gasteiger partial charge in [-0.3, -0.25) is 0 Å². The molecule has 0 fully saturated rings. The standard InChI is InChI=1S/C15H14F11N/c1-3-4-7(2)6-27(15(25,26)14(22,23)24)9-5-8(16)11(17)10(12(9)18)13(19,20)21/h5,7H,3-4,6H2,1-2H3. The molecule has 1 unspecified atom stereocenters. The summed E-state index contributed by atoms with van der Waals surface area (Å²) in [6, 6.07) is -6.28. The van der Waals surface area contributed by atoms with E-state index in [1.54, 1.807) is 6.92 Å². The van der Waals surface area contributed by atoms with Gasteiger partial charge in [-0.2, -0.15) is 35.1 Å². The Kier molecular flexibility index (Phi) is 6.65. The first-order valence-corrected chi connectivity index (χ1v) is 7.52. The van der Waals surface area contributed by atoms with Crippen LogP contribution in [0.1, 0.15) is 32.3 Å². The van der Waals surface area contributed by atoms with Crippen LogP contribution in [0.25, 0.3) is 0 Å². The SMILES string of the molecule is CCCC(C)CN(c1cc(F)c(F)c(C(F)(F)F)c1F)C(F)(F)C(F)(F)F. The molecule has 156 valence electrons. The lowest BCUT2D eigenvalue weighted by Gasteiger charge is -2.36. The van der Waals surface area contributed by atoms with Crippen molar-refractivity contribution in [3.8, 4) is 0 Å². The summed E-state index contributed by atoms with van der Waals surface area (Å²) in [5.74, 6) is -8.86. The summed E-state index contributed by atoms with van der Waals surface area (Å²) in [7, 11) is 0. The van der Waals surface area contributed by atoms with Gasteiger partial charge in [0.15, 0.2) is 17.5 Å². The Labute approximate surface area is 146 Å². The van der Waals surface area contributed by atoms with E-state index in [-0.39, 0.29) is 6.42 Å². The highest BCUT2D eigenvalue weighted by Gasteiger charge is 2.63. The number of anilines is 1. The lowest BCUT2D eigenvalue weighted by Crippen LogP contribution is -2.54. The number of hydrogen-bond acceptors (Lipinski definition) is 1. The van der Waals surface area contributed by atoms with Gasteiger partial charge in [-0.1, -0.05) is 20.3 Å². The number of benzene rings is 1. The topological polar surface area (TPSA) is 3.24 Å². The average Bonchev–Trinajstić information content (AvgIpc) is 2.46. The molecule has 0 aliphatic rings.